The number of amides is 1. The third-order valence-electron chi connectivity index (χ3n) is 4.99. The number of hydrogen-bond donors (Lipinski definition) is 1. The second kappa shape index (κ2) is 10.3. The average molecular weight is 468 g/mol. The van der Waals surface area contributed by atoms with Gasteiger partial charge in [-0.2, -0.15) is 4.31 Å². The van der Waals surface area contributed by atoms with Gasteiger partial charge >= 0.3 is 0 Å². The van der Waals surface area contributed by atoms with Crippen molar-refractivity contribution < 1.29 is 22.7 Å². The molecule has 1 aliphatic rings. The van der Waals surface area contributed by atoms with Crippen LogP contribution in [0.5, 0.6) is 11.5 Å². The largest absolute Gasteiger partial charge is 0.494 e. The summed E-state index contributed by atoms with van der Waals surface area (Å²) in [5.41, 5.74) is 0.537. The van der Waals surface area contributed by atoms with Crippen LogP contribution < -0.4 is 14.8 Å². The first-order valence-electron chi connectivity index (χ1n) is 10.2. The summed E-state index contributed by atoms with van der Waals surface area (Å²) in [7, 11) is -3.76. The number of ether oxygens (including phenoxy) is 2. The van der Waals surface area contributed by atoms with Crippen LogP contribution in [-0.2, 0) is 14.8 Å². The number of nitrogens with one attached hydrogen (secondary N) is 1. The quantitative estimate of drug-likeness (QED) is 0.596. The van der Waals surface area contributed by atoms with E-state index in [1.54, 1.807) is 18.2 Å². The molecule has 1 N–H and O–H groups in total. The van der Waals surface area contributed by atoms with E-state index in [1.807, 2.05) is 13.8 Å². The lowest BCUT2D eigenvalue weighted by Gasteiger charge is -2.30. The van der Waals surface area contributed by atoms with Gasteiger partial charge < -0.3 is 14.8 Å². The van der Waals surface area contributed by atoms with Crippen LogP contribution in [0.2, 0.25) is 5.15 Å². The van der Waals surface area contributed by atoms with Crippen molar-refractivity contribution in [2.45, 2.75) is 31.6 Å². The van der Waals surface area contributed by atoms with Crippen LogP contribution >= 0.6 is 11.6 Å². The molecule has 2 heterocycles. The zero-order valence-corrected chi connectivity index (χ0v) is 19.1. The van der Waals surface area contributed by atoms with Crippen molar-refractivity contribution in [2.75, 3.05) is 31.6 Å². The van der Waals surface area contributed by atoms with Crippen LogP contribution in [0.15, 0.2) is 41.4 Å². The Bertz CT molecular complexity index is 1020. The van der Waals surface area contributed by atoms with Gasteiger partial charge in [-0.15, -0.1) is 0 Å². The van der Waals surface area contributed by atoms with Crippen LogP contribution in [0.25, 0.3) is 0 Å². The molecule has 0 radical (unpaired) electrons. The molecule has 0 spiro atoms. The van der Waals surface area contributed by atoms with Crippen molar-refractivity contribution >= 4 is 33.2 Å². The summed E-state index contributed by atoms with van der Waals surface area (Å²) in [6.45, 7) is 5.17. The summed E-state index contributed by atoms with van der Waals surface area (Å²) in [5.74, 6) is 0.702. The molecule has 1 aromatic heterocycles. The summed E-state index contributed by atoms with van der Waals surface area (Å²) >= 11 is 5.97. The number of piperidine rings is 1. The van der Waals surface area contributed by atoms with Crippen molar-refractivity contribution in [2.24, 2.45) is 5.92 Å². The van der Waals surface area contributed by atoms with Gasteiger partial charge in [0.2, 0.25) is 15.9 Å². The number of nitrogens with zero attached hydrogens (tertiary/aromatic N) is 2. The number of benzene rings is 1. The number of anilines is 1. The van der Waals surface area contributed by atoms with Crippen LogP contribution in [0.3, 0.4) is 0 Å². The third kappa shape index (κ3) is 5.47. The molecule has 10 heteroatoms. The highest BCUT2D eigenvalue weighted by Crippen LogP contribution is 2.32. The van der Waals surface area contributed by atoms with E-state index in [-0.39, 0.29) is 35.0 Å². The van der Waals surface area contributed by atoms with E-state index in [2.05, 4.69) is 10.3 Å². The molecule has 168 valence electrons. The van der Waals surface area contributed by atoms with Gasteiger partial charge in [0.1, 0.15) is 21.5 Å². The Morgan fingerprint density at radius 2 is 1.90 bits per heavy atom. The second-order valence-corrected chi connectivity index (χ2v) is 9.25. The van der Waals surface area contributed by atoms with E-state index in [4.69, 9.17) is 21.1 Å². The van der Waals surface area contributed by atoms with Crippen LogP contribution in [0.1, 0.15) is 26.7 Å². The molecular weight excluding hydrogens is 442 g/mol. The molecule has 1 saturated heterocycles. The summed E-state index contributed by atoms with van der Waals surface area (Å²) in [5, 5.41) is 2.86. The predicted octanol–water partition coefficient (Wildman–Crippen LogP) is 3.57. The fourth-order valence-electron chi connectivity index (χ4n) is 3.44. The fourth-order valence-corrected chi connectivity index (χ4v) is 5.34. The van der Waals surface area contributed by atoms with Gasteiger partial charge in [-0.3, -0.25) is 4.79 Å². The number of sulfonamides is 1. The van der Waals surface area contributed by atoms with E-state index < -0.39 is 10.0 Å². The molecule has 3 rings (SSSR count). The molecule has 1 aromatic carbocycles. The lowest BCUT2D eigenvalue weighted by molar-refractivity contribution is -0.120. The zero-order valence-electron chi connectivity index (χ0n) is 17.5. The predicted molar refractivity (Wildman–Crippen MR) is 118 cm³/mol. The number of halogens is 1. The van der Waals surface area contributed by atoms with Crippen molar-refractivity contribution in [3.8, 4) is 11.5 Å². The summed E-state index contributed by atoms with van der Waals surface area (Å²) in [6, 6.07) is 8.25. The Hall–Kier alpha value is -2.36. The third-order valence-corrected chi connectivity index (χ3v) is 7.33. The lowest BCUT2D eigenvalue weighted by Crippen LogP contribution is -2.41. The Morgan fingerprint density at radius 3 is 2.55 bits per heavy atom. The van der Waals surface area contributed by atoms with Crippen LogP contribution in [0, 0.1) is 5.92 Å². The first-order valence-corrected chi connectivity index (χ1v) is 12.0. The minimum Gasteiger partial charge on any atom is -0.494 e. The number of carbonyl (C=O) groups excluding carboxylic acids is 1. The smallest absolute Gasteiger partial charge is 0.246 e. The van der Waals surface area contributed by atoms with Gasteiger partial charge in [-0.25, -0.2) is 13.4 Å². The standard InChI is InChI=1S/C21H26ClN3O5S/c1-3-29-16-7-8-18(30-4-2)17(14-16)24-21(26)15-9-12-25(13-10-15)31(27,28)19-6-5-11-23-20(19)22/h5-8,11,14-15H,3-4,9-10,12-13H2,1-2H3,(H,24,26). The monoisotopic (exact) mass is 467 g/mol. The second-order valence-electron chi connectivity index (χ2n) is 6.98. The molecule has 1 amide bonds. The summed E-state index contributed by atoms with van der Waals surface area (Å²) in [6.07, 6.45) is 2.24. The molecule has 8 nitrogen and oxygen atoms in total. The Morgan fingerprint density at radius 1 is 1.19 bits per heavy atom. The van der Waals surface area contributed by atoms with E-state index in [9.17, 15) is 13.2 Å². The van der Waals surface area contributed by atoms with Gasteiger partial charge in [0.25, 0.3) is 0 Å². The van der Waals surface area contributed by atoms with Crippen LogP contribution in [0.4, 0.5) is 5.69 Å². The van der Waals surface area contributed by atoms with Crippen molar-refractivity contribution in [1.29, 1.82) is 0 Å². The normalized spacial score (nSPS) is 15.5. The highest BCUT2D eigenvalue weighted by molar-refractivity contribution is 7.89. The maximum atomic E-state index is 12.9. The van der Waals surface area contributed by atoms with E-state index >= 15 is 0 Å². The molecule has 2 aromatic rings. The number of pyridine rings is 1. The summed E-state index contributed by atoms with van der Waals surface area (Å²) in [4.78, 5) is 16.7. The SMILES string of the molecule is CCOc1ccc(OCC)c(NC(=O)C2CCN(S(=O)(=O)c3cccnc3Cl)CC2)c1. The maximum absolute atomic E-state index is 12.9. The van der Waals surface area contributed by atoms with Crippen molar-refractivity contribution in [3.05, 3.63) is 41.7 Å². The Labute approximate surface area is 187 Å². The van der Waals surface area contributed by atoms with Gasteiger partial charge in [-0.1, -0.05) is 11.6 Å². The molecule has 0 bridgehead atoms. The number of aromatic nitrogens is 1. The minimum atomic E-state index is -3.76. The highest BCUT2D eigenvalue weighted by Gasteiger charge is 2.33. The molecule has 0 atom stereocenters. The van der Waals surface area contributed by atoms with Gasteiger partial charge in [0.05, 0.1) is 18.9 Å². The topological polar surface area (TPSA) is 97.8 Å². The first kappa shape index (κ1) is 23.3. The number of rotatable bonds is 8. The highest BCUT2D eigenvalue weighted by atomic mass is 35.5. The molecule has 0 saturated carbocycles. The zero-order chi connectivity index (χ0) is 22.4. The van der Waals surface area contributed by atoms with Gasteiger partial charge in [0.15, 0.2) is 0 Å². The molecule has 0 aliphatic carbocycles. The molecule has 0 unspecified atom stereocenters. The van der Waals surface area contributed by atoms with E-state index in [0.29, 0.717) is 43.2 Å². The molecule has 1 fully saturated rings. The number of carbonyl (C=O) groups is 1. The van der Waals surface area contributed by atoms with Crippen molar-refractivity contribution in [3.63, 3.8) is 0 Å². The average Bonchev–Trinajstić information content (AvgIpc) is 2.76. The van der Waals surface area contributed by atoms with E-state index in [1.165, 1.54) is 22.6 Å². The number of hydrogen-bond acceptors (Lipinski definition) is 6. The summed E-state index contributed by atoms with van der Waals surface area (Å²) < 4.78 is 38.2. The minimum absolute atomic E-state index is 0.0198. The van der Waals surface area contributed by atoms with E-state index in [0.717, 1.165) is 0 Å². The lowest BCUT2D eigenvalue weighted by atomic mass is 9.97. The van der Waals surface area contributed by atoms with Gasteiger partial charge in [-0.05, 0) is 51.0 Å². The Kier molecular flexibility index (Phi) is 7.74. The molecular formula is C21H26ClN3O5S. The molecule has 31 heavy (non-hydrogen) atoms. The Balaban J connectivity index is 1.67. The fraction of sp³-hybridized carbons (Fsp3) is 0.429. The van der Waals surface area contributed by atoms with Crippen molar-refractivity contribution in [1.82, 2.24) is 9.29 Å². The van der Waals surface area contributed by atoms with Crippen LogP contribution in [-0.4, -0.2) is 49.9 Å². The molecule has 1 aliphatic heterocycles. The van der Waals surface area contributed by atoms with Gasteiger partial charge in [0, 0.05) is 31.3 Å². The first-order chi connectivity index (χ1) is 14.9. The maximum Gasteiger partial charge on any atom is 0.246 e.